The summed E-state index contributed by atoms with van der Waals surface area (Å²) in [4.78, 5) is 12.6. The molecule has 0 fully saturated rings. The first-order valence-corrected chi connectivity index (χ1v) is 11.3. The quantitative estimate of drug-likeness (QED) is 0.612. The van der Waals surface area contributed by atoms with Gasteiger partial charge in [-0.3, -0.25) is 0 Å². The Hall–Kier alpha value is -3.26. The fourth-order valence-electron chi connectivity index (χ4n) is 4.66. The van der Waals surface area contributed by atoms with Crippen molar-refractivity contribution < 1.29 is 8.78 Å². The Morgan fingerprint density at radius 2 is 1.91 bits per heavy atom. The average Bonchev–Trinajstić information content (AvgIpc) is 2.80. The highest BCUT2D eigenvalue weighted by atomic mass is 19.1. The molecule has 2 aromatic carbocycles. The van der Waals surface area contributed by atoms with Gasteiger partial charge in [-0.15, -0.1) is 0 Å². The van der Waals surface area contributed by atoms with Crippen molar-refractivity contribution in [2.24, 2.45) is 0 Å². The maximum absolute atomic E-state index is 15.2. The van der Waals surface area contributed by atoms with E-state index in [1.807, 2.05) is 24.1 Å². The van der Waals surface area contributed by atoms with E-state index in [-0.39, 0.29) is 23.5 Å². The molecule has 33 heavy (non-hydrogen) atoms. The third kappa shape index (κ3) is 4.11. The fourth-order valence-corrected chi connectivity index (χ4v) is 4.66. The number of nitrogens with one attached hydrogen (secondary N) is 2. The maximum atomic E-state index is 15.2. The zero-order valence-electron chi connectivity index (χ0n) is 19.1. The molecule has 0 bridgehead atoms. The molecule has 0 unspecified atom stereocenters. The standard InChI is InChI=1S/C25H28F2N6/c1-15(2)33-9-8-32(3)24-20(26)11-17(12-22(24)33)23-21(27)14-29-25(31-23)30-19-5-4-16-6-7-28-13-18(16)10-19/h4-5,10-12,14-15,28H,6-9,13H2,1-3H3,(H,29,30,31). The van der Waals surface area contributed by atoms with Crippen molar-refractivity contribution in [3.63, 3.8) is 0 Å². The molecule has 0 saturated carbocycles. The van der Waals surface area contributed by atoms with Crippen molar-refractivity contribution in [2.45, 2.75) is 32.9 Å². The van der Waals surface area contributed by atoms with Gasteiger partial charge in [-0.05, 0) is 62.2 Å². The molecular formula is C25H28F2N6. The number of hydrogen-bond donors (Lipinski definition) is 2. The van der Waals surface area contributed by atoms with Gasteiger partial charge in [0.1, 0.15) is 11.5 Å². The van der Waals surface area contributed by atoms with Gasteiger partial charge in [0, 0.05) is 44.0 Å². The van der Waals surface area contributed by atoms with Crippen LogP contribution in [0.1, 0.15) is 25.0 Å². The number of hydrogen-bond acceptors (Lipinski definition) is 6. The summed E-state index contributed by atoms with van der Waals surface area (Å²) >= 11 is 0. The maximum Gasteiger partial charge on any atom is 0.227 e. The summed E-state index contributed by atoms with van der Waals surface area (Å²) in [5.41, 5.74) is 5.14. The van der Waals surface area contributed by atoms with Crippen molar-refractivity contribution >= 4 is 23.0 Å². The van der Waals surface area contributed by atoms with Crippen LogP contribution in [-0.4, -0.2) is 42.7 Å². The van der Waals surface area contributed by atoms with E-state index in [0.717, 1.165) is 50.2 Å². The predicted molar refractivity (Wildman–Crippen MR) is 128 cm³/mol. The topological polar surface area (TPSA) is 56.3 Å². The minimum Gasteiger partial charge on any atom is -0.369 e. The van der Waals surface area contributed by atoms with Crippen LogP contribution in [0.25, 0.3) is 11.3 Å². The van der Waals surface area contributed by atoms with Gasteiger partial charge < -0.3 is 20.4 Å². The molecule has 5 rings (SSSR count). The first-order valence-electron chi connectivity index (χ1n) is 11.3. The van der Waals surface area contributed by atoms with Gasteiger partial charge >= 0.3 is 0 Å². The molecule has 0 spiro atoms. The smallest absolute Gasteiger partial charge is 0.227 e. The monoisotopic (exact) mass is 450 g/mol. The Labute approximate surface area is 192 Å². The third-order valence-electron chi connectivity index (χ3n) is 6.40. The van der Waals surface area contributed by atoms with Gasteiger partial charge in [-0.25, -0.2) is 18.7 Å². The van der Waals surface area contributed by atoms with Crippen LogP contribution in [0, 0.1) is 11.6 Å². The second kappa shape index (κ2) is 8.59. The molecule has 8 heteroatoms. The number of rotatable bonds is 4. The number of halogens is 2. The number of benzene rings is 2. The number of anilines is 4. The molecule has 0 aliphatic carbocycles. The van der Waals surface area contributed by atoms with Crippen molar-refractivity contribution in [3.05, 3.63) is 59.3 Å². The number of fused-ring (bicyclic) bond motifs is 2. The van der Waals surface area contributed by atoms with Gasteiger partial charge in [0.25, 0.3) is 0 Å². The second-order valence-electron chi connectivity index (χ2n) is 8.96. The van der Waals surface area contributed by atoms with Gasteiger partial charge in [0.15, 0.2) is 5.82 Å². The van der Waals surface area contributed by atoms with Crippen molar-refractivity contribution in [1.82, 2.24) is 15.3 Å². The molecule has 172 valence electrons. The van der Waals surface area contributed by atoms with E-state index >= 15 is 4.39 Å². The lowest BCUT2D eigenvalue weighted by Crippen LogP contribution is -2.43. The summed E-state index contributed by atoms with van der Waals surface area (Å²) in [6, 6.07) is 9.51. The van der Waals surface area contributed by atoms with Crippen molar-refractivity contribution in [3.8, 4) is 11.3 Å². The van der Waals surface area contributed by atoms with Gasteiger partial charge in [0.2, 0.25) is 5.95 Å². The molecule has 2 aliphatic rings. The van der Waals surface area contributed by atoms with Gasteiger partial charge in [-0.2, -0.15) is 0 Å². The zero-order chi connectivity index (χ0) is 23.1. The van der Waals surface area contributed by atoms with Crippen LogP contribution in [0.2, 0.25) is 0 Å². The van der Waals surface area contributed by atoms with Crippen LogP contribution in [0.5, 0.6) is 0 Å². The minimum atomic E-state index is -0.588. The molecule has 2 N–H and O–H groups in total. The Kier molecular flexibility index (Phi) is 5.62. The summed E-state index contributed by atoms with van der Waals surface area (Å²) < 4.78 is 30.0. The summed E-state index contributed by atoms with van der Waals surface area (Å²) in [6.45, 7) is 7.44. The minimum absolute atomic E-state index is 0.0748. The molecule has 3 heterocycles. The zero-order valence-corrected chi connectivity index (χ0v) is 19.1. The number of likely N-dealkylation sites (N-methyl/N-ethyl adjacent to an activating group) is 1. The third-order valence-corrected chi connectivity index (χ3v) is 6.40. The van der Waals surface area contributed by atoms with E-state index in [2.05, 4.69) is 51.5 Å². The highest BCUT2D eigenvalue weighted by molar-refractivity contribution is 5.80. The SMILES string of the molecule is CC(C)N1CCN(C)c2c(F)cc(-c3nc(Nc4ccc5c(c4)CNCC5)ncc3F)cc21. The lowest BCUT2D eigenvalue weighted by Gasteiger charge is -2.39. The van der Waals surface area contributed by atoms with Crippen LogP contribution in [0.4, 0.5) is 31.8 Å². The highest BCUT2D eigenvalue weighted by Crippen LogP contribution is 2.39. The molecule has 1 aromatic heterocycles. The molecular weight excluding hydrogens is 422 g/mol. The molecule has 0 saturated heterocycles. The van der Waals surface area contributed by atoms with Gasteiger partial charge in [-0.1, -0.05) is 6.07 Å². The predicted octanol–water partition coefficient (Wildman–Crippen LogP) is 4.48. The van der Waals surface area contributed by atoms with E-state index in [9.17, 15) is 4.39 Å². The Morgan fingerprint density at radius 3 is 2.73 bits per heavy atom. The van der Waals surface area contributed by atoms with Crippen LogP contribution in [0.3, 0.4) is 0 Å². The first kappa shape index (κ1) is 21.6. The normalized spacial score (nSPS) is 15.5. The molecule has 0 amide bonds. The molecule has 0 atom stereocenters. The summed E-state index contributed by atoms with van der Waals surface area (Å²) in [5.74, 6) is -0.703. The van der Waals surface area contributed by atoms with Crippen LogP contribution >= 0.6 is 0 Å². The van der Waals surface area contributed by atoms with E-state index in [1.165, 1.54) is 17.2 Å². The highest BCUT2D eigenvalue weighted by Gasteiger charge is 2.27. The Balaban J connectivity index is 1.51. The lowest BCUT2D eigenvalue weighted by molar-refractivity contribution is 0.599. The Bertz CT molecular complexity index is 1200. The largest absolute Gasteiger partial charge is 0.369 e. The number of aromatic nitrogens is 2. The number of nitrogens with zero attached hydrogens (tertiary/aromatic N) is 4. The fraction of sp³-hybridized carbons (Fsp3) is 0.360. The summed E-state index contributed by atoms with van der Waals surface area (Å²) in [7, 11) is 1.88. The molecule has 6 nitrogen and oxygen atoms in total. The van der Waals surface area contributed by atoms with Crippen LogP contribution < -0.4 is 20.4 Å². The lowest BCUT2D eigenvalue weighted by atomic mass is 10.0. The Morgan fingerprint density at radius 1 is 1.06 bits per heavy atom. The van der Waals surface area contributed by atoms with Crippen molar-refractivity contribution in [2.75, 3.05) is 41.8 Å². The first-order chi connectivity index (χ1) is 15.9. The van der Waals surface area contributed by atoms with Crippen molar-refractivity contribution in [1.29, 1.82) is 0 Å². The van der Waals surface area contributed by atoms with E-state index in [4.69, 9.17) is 0 Å². The molecule has 0 radical (unpaired) electrons. The molecule has 3 aromatic rings. The van der Waals surface area contributed by atoms with Gasteiger partial charge in [0.05, 0.1) is 17.6 Å². The van der Waals surface area contributed by atoms with Crippen LogP contribution in [0.15, 0.2) is 36.5 Å². The van der Waals surface area contributed by atoms with E-state index in [0.29, 0.717) is 11.3 Å². The van der Waals surface area contributed by atoms with E-state index in [1.54, 1.807) is 0 Å². The summed E-state index contributed by atoms with van der Waals surface area (Å²) in [6.07, 6.45) is 2.13. The average molecular weight is 451 g/mol. The van der Waals surface area contributed by atoms with Crippen LogP contribution in [-0.2, 0) is 13.0 Å². The van der Waals surface area contributed by atoms with E-state index < -0.39 is 5.82 Å². The summed E-state index contributed by atoms with van der Waals surface area (Å²) in [5, 5.41) is 6.54. The second-order valence-corrected chi connectivity index (χ2v) is 8.96. The molecule has 2 aliphatic heterocycles.